The van der Waals surface area contributed by atoms with Gasteiger partial charge in [0.15, 0.2) is 0 Å². The fourth-order valence-electron chi connectivity index (χ4n) is 0. The summed E-state index contributed by atoms with van der Waals surface area (Å²) in [4.78, 5) is 0. The Morgan fingerprint density at radius 1 is 1.25 bits per heavy atom. The Morgan fingerprint density at radius 2 is 1.25 bits per heavy atom. The van der Waals surface area contributed by atoms with Crippen molar-refractivity contribution in [2.75, 3.05) is 6.67 Å². The van der Waals surface area contributed by atoms with E-state index in [2.05, 4.69) is 0 Å². The molecule has 0 aromatic carbocycles. The van der Waals surface area contributed by atoms with Crippen LogP contribution >= 0.6 is 0 Å². The Morgan fingerprint density at radius 3 is 1.25 bits per heavy atom. The van der Waals surface area contributed by atoms with Crippen molar-refractivity contribution in [1.82, 2.24) is 0 Å². The number of halogens is 4. The van der Waals surface area contributed by atoms with Gasteiger partial charge in [0.05, 0.1) is 6.67 Å². The number of hydrogen-bond acceptors (Lipinski definition) is 0. The van der Waals surface area contributed by atoms with Crippen LogP contribution in [-0.2, 0) is 0 Å². The molecule has 52 valence electrons. The monoisotopic (exact) mass is 132 g/mol. The summed E-state index contributed by atoms with van der Waals surface area (Å²) in [7, 11) is 0. The topological polar surface area (TPSA) is 0 Å². The molecule has 0 rings (SSSR count). The lowest BCUT2D eigenvalue weighted by molar-refractivity contribution is -0.110. The third-order valence-electron chi connectivity index (χ3n) is 0. The maximum absolute atomic E-state index is 10.4. The number of rotatable bonds is 0. The predicted octanol–water partition coefficient (Wildman–Crippen LogP) is 2.54. The van der Waals surface area contributed by atoms with E-state index in [1.165, 1.54) is 6.92 Å². The summed E-state index contributed by atoms with van der Waals surface area (Å²) in [6, 6.07) is 0. The van der Waals surface area contributed by atoms with E-state index in [1.807, 2.05) is 0 Å². The molecule has 8 heavy (non-hydrogen) atoms. The van der Waals surface area contributed by atoms with Crippen LogP contribution in [0, 0.1) is 0 Å². The van der Waals surface area contributed by atoms with Crippen molar-refractivity contribution >= 4 is 0 Å². The van der Waals surface area contributed by atoms with Crippen LogP contribution in [0.3, 0.4) is 0 Å². The number of hydrogen-bond donors (Lipinski definition) is 0. The van der Waals surface area contributed by atoms with Gasteiger partial charge in [-0.2, -0.15) is 13.2 Å². The lowest BCUT2D eigenvalue weighted by Gasteiger charge is -1.88. The minimum absolute atomic E-state index is 0.188. The van der Waals surface area contributed by atoms with Gasteiger partial charge in [0.2, 0.25) is 0 Å². The average molecular weight is 132 g/mol. The molecule has 0 saturated carbocycles. The molecule has 0 aliphatic rings. The van der Waals surface area contributed by atoms with Crippen LogP contribution in [0.2, 0.25) is 0 Å². The van der Waals surface area contributed by atoms with Gasteiger partial charge in [0, 0.05) is 6.92 Å². The smallest absolute Gasteiger partial charge is 0.251 e. The molecule has 0 spiro atoms. The molecule has 0 fully saturated rings. The molecular formula is C4H8F4. The molecule has 0 saturated heterocycles. The van der Waals surface area contributed by atoms with E-state index in [0.717, 1.165) is 0 Å². The van der Waals surface area contributed by atoms with Crippen molar-refractivity contribution in [2.45, 2.75) is 20.0 Å². The van der Waals surface area contributed by atoms with Gasteiger partial charge < -0.3 is 0 Å². The van der Waals surface area contributed by atoms with Crippen LogP contribution in [0.5, 0.6) is 0 Å². The van der Waals surface area contributed by atoms with E-state index < -0.39 is 6.18 Å². The lowest BCUT2D eigenvalue weighted by atomic mass is 10.8. The normalized spacial score (nSPS) is 9.75. The first-order chi connectivity index (χ1) is 3.41. The first-order valence-electron chi connectivity index (χ1n) is 2.04. The van der Waals surface area contributed by atoms with E-state index in [0.29, 0.717) is 0 Å². The number of alkyl halides is 4. The fraction of sp³-hybridized carbons (Fsp3) is 1.00. The fourth-order valence-corrected chi connectivity index (χ4v) is 0. The Hall–Kier alpha value is -0.280. The third kappa shape index (κ3) is 1630. The van der Waals surface area contributed by atoms with E-state index >= 15 is 0 Å². The second kappa shape index (κ2) is 4.87. The highest BCUT2D eigenvalue weighted by molar-refractivity contribution is 4.26. The molecule has 0 bridgehead atoms. The first kappa shape index (κ1) is 10.7. The molecule has 0 nitrogen and oxygen atoms in total. The van der Waals surface area contributed by atoms with Gasteiger partial charge in [-0.05, 0) is 6.92 Å². The Balaban J connectivity index is 0. The molecule has 0 aromatic heterocycles. The van der Waals surface area contributed by atoms with Crippen LogP contribution in [0.25, 0.3) is 0 Å². The van der Waals surface area contributed by atoms with Gasteiger partial charge >= 0.3 is 6.18 Å². The summed E-state index contributed by atoms with van der Waals surface area (Å²) < 4.78 is 41.4. The van der Waals surface area contributed by atoms with Crippen molar-refractivity contribution in [3.8, 4) is 0 Å². The van der Waals surface area contributed by atoms with E-state index in [-0.39, 0.29) is 13.6 Å². The lowest BCUT2D eigenvalue weighted by Crippen LogP contribution is -1.95. The zero-order valence-corrected chi connectivity index (χ0v) is 4.72. The maximum atomic E-state index is 10.4. The molecule has 0 atom stereocenters. The quantitative estimate of drug-likeness (QED) is 0.444. The molecule has 0 N–H and O–H groups in total. The van der Waals surface area contributed by atoms with Crippen LogP contribution < -0.4 is 0 Å². The van der Waals surface area contributed by atoms with Crippen molar-refractivity contribution < 1.29 is 17.6 Å². The highest BCUT2D eigenvalue weighted by Crippen LogP contribution is 2.10. The van der Waals surface area contributed by atoms with Crippen molar-refractivity contribution in [3.05, 3.63) is 0 Å². The summed E-state index contributed by atoms with van der Waals surface area (Å²) >= 11 is 0. The molecule has 0 radical (unpaired) electrons. The maximum Gasteiger partial charge on any atom is 0.386 e. The van der Waals surface area contributed by atoms with Crippen molar-refractivity contribution in [3.63, 3.8) is 0 Å². The Labute approximate surface area is 45.5 Å². The van der Waals surface area contributed by atoms with E-state index in [1.54, 1.807) is 0 Å². The highest BCUT2D eigenvalue weighted by Gasteiger charge is 2.15. The van der Waals surface area contributed by atoms with Gasteiger partial charge in [0.25, 0.3) is 0 Å². The second-order valence-corrected chi connectivity index (χ2v) is 1.05. The highest BCUT2D eigenvalue weighted by atomic mass is 19.4. The van der Waals surface area contributed by atoms with Gasteiger partial charge in [-0.3, -0.25) is 4.39 Å². The van der Waals surface area contributed by atoms with Gasteiger partial charge in [0.1, 0.15) is 0 Å². The zero-order chi connectivity index (χ0) is 7.21. The Kier molecular flexibility index (Phi) is 6.48. The zero-order valence-electron chi connectivity index (χ0n) is 4.72. The molecule has 0 aliphatic heterocycles. The molecule has 0 amide bonds. The largest absolute Gasteiger partial charge is 0.386 e. The summed E-state index contributed by atoms with van der Waals surface area (Å²) in [5, 5.41) is 0. The molecule has 4 heteroatoms. The first-order valence-corrected chi connectivity index (χ1v) is 2.04. The van der Waals surface area contributed by atoms with Gasteiger partial charge in [-0.15, -0.1) is 0 Å². The molecule has 0 heterocycles. The second-order valence-electron chi connectivity index (χ2n) is 1.05. The minimum Gasteiger partial charge on any atom is -0.251 e. The average Bonchev–Trinajstić information content (AvgIpc) is 1.27. The summed E-state index contributed by atoms with van der Waals surface area (Å²) in [5.74, 6) is 0. The van der Waals surface area contributed by atoms with Crippen LogP contribution in [0.15, 0.2) is 0 Å². The summed E-state index contributed by atoms with van der Waals surface area (Å²) in [6.45, 7) is 1.40. The molecular weight excluding hydrogens is 124 g/mol. The van der Waals surface area contributed by atoms with E-state index in [4.69, 9.17) is 0 Å². The van der Waals surface area contributed by atoms with Gasteiger partial charge in [-0.25, -0.2) is 0 Å². The SMILES string of the molecule is CC(F)(F)F.CCF. The standard InChI is InChI=1S/C2H3F3.C2H5F/c1-2(3,4)5;1-2-3/h1H3;2H2,1H3. The molecule has 0 aliphatic carbocycles. The molecule has 0 aromatic rings. The van der Waals surface area contributed by atoms with Crippen molar-refractivity contribution in [1.29, 1.82) is 0 Å². The minimum atomic E-state index is -4.00. The van der Waals surface area contributed by atoms with Crippen LogP contribution in [0.1, 0.15) is 13.8 Å². The van der Waals surface area contributed by atoms with E-state index in [9.17, 15) is 17.6 Å². The predicted molar refractivity (Wildman–Crippen MR) is 23.4 cm³/mol. The Bertz CT molecular complexity index is 31.8. The summed E-state index contributed by atoms with van der Waals surface area (Å²) in [6.07, 6.45) is -4.00. The summed E-state index contributed by atoms with van der Waals surface area (Å²) in [5.41, 5.74) is 0. The van der Waals surface area contributed by atoms with Crippen LogP contribution in [0.4, 0.5) is 17.6 Å². The molecule has 0 unspecified atom stereocenters. The van der Waals surface area contributed by atoms with Crippen LogP contribution in [-0.4, -0.2) is 12.9 Å². The van der Waals surface area contributed by atoms with Gasteiger partial charge in [-0.1, -0.05) is 0 Å². The van der Waals surface area contributed by atoms with Crippen molar-refractivity contribution in [2.24, 2.45) is 0 Å². The third-order valence-corrected chi connectivity index (χ3v) is 0.